The van der Waals surface area contributed by atoms with Crippen LogP contribution in [0.3, 0.4) is 0 Å². The van der Waals surface area contributed by atoms with E-state index in [0.717, 1.165) is 5.56 Å². The molecule has 0 unspecified atom stereocenters. The fourth-order valence-electron chi connectivity index (χ4n) is 2.03. The molecule has 0 aliphatic rings. The maximum atomic E-state index is 9.34. The molecular formula is C17H15BrN4O2. The first-order valence-electron chi connectivity index (χ1n) is 7.20. The summed E-state index contributed by atoms with van der Waals surface area (Å²) >= 11 is 3.34. The second-order valence-electron chi connectivity index (χ2n) is 4.67. The lowest BCUT2D eigenvalue weighted by Crippen LogP contribution is -2.03. The van der Waals surface area contributed by atoms with Crippen LogP contribution in [0.1, 0.15) is 23.6 Å². The molecule has 6 nitrogen and oxygen atoms in total. The summed E-state index contributed by atoms with van der Waals surface area (Å²) in [6.45, 7) is 2.84. The summed E-state index contributed by atoms with van der Waals surface area (Å²) in [6, 6.07) is 13.7. The molecule has 0 aliphatic carbocycles. The van der Waals surface area contributed by atoms with Gasteiger partial charge in [0.05, 0.1) is 13.2 Å². The molecule has 0 bridgehead atoms. The smallest absolute Gasteiger partial charge is 0.176 e. The van der Waals surface area contributed by atoms with Crippen LogP contribution in [0.4, 0.5) is 5.82 Å². The van der Waals surface area contributed by atoms with Gasteiger partial charge in [-0.25, -0.2) is 4.99 Å². The van der Waals surface area contributed by atoms with Crippen LogP contribution < -0.4 is 0 Å². The molecule has 0 amide bonds. The first-order chi connectivity index (χ1) is 11.7. The maximum absolute atomic E-state index is 9.34. The fraction of sp³-hybridized carbons (Fsp3) is 0.235. The molecule has 2 rings (SSSR count). The average Bonchev–Trinajstić information content (AvgIpc) is 2.87. The van der Waals surface area contributed by atoms with Crippen molar-refractivity contribution in [2.24, 2.45) is 4.99 Å². The molecule has 1 aromatic heterocycles. The first kappa shape index (κ1) is 17.7. The largest absolute Gasteiger partial charge is 0.483 e. The summed E-state index contributed by atoms with van der Waals surface area (Å²) in [4.78, 5) is 4.15. The second kappa shape index (κ2) is 8.88. The highest BCUT2D eigenvalue weighted by atomic mass is 79.9. The van der Waals surface area contributed by atoms with Gasteiger partial charge in [-0.3, -0.25) is 4.57 Å². The molecule has 0 spiro atoms. The van der Waals surface area contributed by atoms with Crippen molar-refractivity contribution in [3.05, 3.63) is 51.6 Å². The van der Waals surface area contributed by atoms with Crippen molar-refractivity contribution in [1.29, 1.82) is 10.5 Å². The Bertz CT molecular complexity index is 801. The Hall–Kier alpha value is -2.61. The van der Waals surface area contributed by atoms with Crippen LogP contribution >= 0.6 is 15.9 Å². The highest BCUT2D eigenvalue weighted by Crippen LogP contribution is 2.32. The molecule has 0 radical (unpaired) electrons. The van der Waals surface area contributed by atoms with Crippen LogP contribution in [0.15, 0.2) is 39.9 Å². The van der Waals surface area contributed by atoms with E-state index in [1.807, 2.05) is 49.4 Å². The number of hydrogen-bond acceptors (Lipinski definition) is 5. The van der Waals surface area contributed by atoms with Gasteiger partial charge in [0.15, 0.2) is 12.2 Å². The maximum Gasteiger partial charge on any atom is 0.176 e. The summed E-state index contributed by atoms with van der Waals surface area (Å²) in [5.41, 5.74) is 1.44. The van der Waals surface area contributed by atoms with E-state index in [-0.39, 0.29) is 17.9 Å². The van der Waals surface area contributed by atoms with Gasteiger partial charge in [-0.15, -0.1) is 0 Å². The van der Waals surface area contributed by atoms with Crippen LogP contribution in [0.2, 0.25) is 0 Å². The van der Waals surface area contributed by atoms with E-state index in [2.05, 4.69) is 20.9 Å². The first-order valence-corrected chi connectivity index (χ1v) is 8.00. The molecule has 0 aliphatic heterocycles. The van der Waals surface area contributed by atoms with Gasteiger partial charge >= 0.3 is 0 Å². The van der Waals surface area contributed by atoms with Gasteiger partial charge in [0, 0.05) is 0 Å². The van der Waals surface area contributed by atoms with Gasteiger partial charge < -0.3 is 9.47 Å². The van der Waals surface area contributed by atoms with Gasteiger partial charge in [0.2, 0.25) is 0 Å². The van der Waals surface area contributed by atoms with Crippen molar-refractivity contribution >= 4 is 28.1 Å². The van der Waals surface area contributed by atoms with Gasteiger partial charge in [0.1, 0.15) is 34.6 Å². The Labute approximate surface area is 148 Å². The molecule has 0 atom stereocenters. The molecule has 24 heavy (non-hydrogen) atoms. The van der Waals surface area contributed by atoms with Crippen LogP contribution in [0.25, 0.3) is 0 Å². The molecule has 2 aromatic rings. The summed E-state index contributed by atoms with van der Waals surface area (Å²) < 4.78 is 12.9. The molecule has 0 saturated carbocycles. The fourth-order valence-corrected chi connectivity index (χ4v) is 2.59. The summed E-state index contributed by atoms with van der Waals surface area (Å²) in [7, 11) is 0. The van der Waals surface area contributed by atoms with E-state index >= 15 is 0 Å². The SMILES string of the molecule is CCO/C=N/c1c(C#N)c(C#N)c(Br)n1COCc1ccccc1. The van der Waals surface area contributed by atoms with Gasteiger partial charge in [-0.1, -0.05) is 30.3 Å². The minimum absolute atomic E-state index is 0.143. The molecule has 1 heterocycles. The Morgan fingerprint density at radius 3 is 2.54 bits per heavy atom. The number of hydrogen-bond donors (Lipinski definition) is 0. The van der Waals surface area contributed by atoms with E-state index in [1.54, 1.807) is 4.57 Å². The Kier molecular flexibility index (Phi) is 6.56. The summed E-state index contributed by atoms with van der Waals surface area (Å²) in [5.74, 6) is 0.322. The highest BCUT2D eigenvalue weighted by Gasteiger charge is 2.21. The topological polar surface area (TPSA) is 83.3 Å². The standard InChI is InChI=1S/C17H15BrN4O2/c1-2-23-11-21-17-15(9-20)14(8-19)16(18)22(17)12-24-10-13-6-4-3-5-7-13/h3-7,11H,2,10,12H2,1H3/b21-11+. The normalized spacial score (nSPS) is 10.5. The Morgan fingerprint density at radius 2 is 1.92 bits per heavy atom. The van der Waals surface area contributed by atoms with Crippen molar-refractivity contribution < 1.29 is 9.47 Å². The zero-order chi connectivity index (χ0) is 17.4. The number of nitrogens with zero attached hydrogens (tertiary/aromatic N) is 4. The van der Waals surface area contributed by atoms with E-state index in [9.17, 15) is 10.5 Å². The van der Waals surface area contributed by atoms with Crippen LogP contribution in [0.5, 0.6) is 0 Å². The van der Waals surface area contributed by atoms with Crippen LogP contribution in [-0.4, -0.2) is 17.6 Å². The Balaban J connectivity index is 2.25. The molecular weight excluding hydrogens is 372 g/mol. The lowest BCUT2D eigenvalue weighted by Gasteiger charge is -2.09. The summed E-state index contributed by atoms with van der Waals surface area (Å²) in [5, 5.41) is 18.6. The van der Waals surface area contributed by atoms with Crippen LogP contribution in [0, 0.1) is 22.7 Å². The van der Waals surface area contributed by atoms with Crippen molar-refractivity contribution in [1.82, 2.24) is 4.57 Å². The van der Waals surface area contributed by atoms with Crippen molar-refractivity contribution in [2.45, 2.75) is 20.3 Å². The second-order valence-corrected chi connectivity index (χ2v) is 5.42. The van der Waals surface area contributed by atoms with Gasteiger partial charge in [0.25, 0.3) is 0 Å². The predicted molar refractivity (Wildman–Crippen MR) is 92.6 cm³/mol. The molecule has 7 heteroatoms. The molecule has 0 N–H and O–H groups in total. The Morgan fingerprint density at radius 1 is 1.21 bits per heavy atom. The van der Waals surface area contributed by atoms with E-state index in [0.29, 0.717) is 23.6 Å². The van der Waals surface area contributed by atoms with Crippen molar-refractivity contribution in [2.75, 3.05) is 6.61 Å². The number of halogens is 1. The number of aliphatic imine (C=N–C) groups is 1. The zero-order valence-electron chi connectivity index (χ0n) is 13.1. The third-order valence-corrected chi connectivity index (χ3v) is 3.97. The third kappa shape index (κ3) is 4.02. The minimum Gasteiger partial charge on any atom is -0.483 e. The third-order valence-electron chi connectivity index (χ3n) is 3.14. The van der Waals surface area contributed by atoms with Gasteiger partial charge in [-0.2, -0.15) is 10.5 Å². The zero-order valence-corrected chi connectivity index (χ0v) is 14.7. The number of benzene rings is 1. The van der Waals surface area contributed by atoms with Crippen molar-refractivity contribution in [3.8, 4) is 12.1 Å². The van der Waals surface area contributed by atoms with Crippen molar-refractivity contribution in [3.63, 3.8) is 0 Å². The number of aromatic nitrogens is 1. The highest BCUT2D eigenvalue weighted by molar-refractivity contribution is 9.10. The minimum atomic E-state index is 0.143. The summed E-state index contributed by atoms with van der Waals surface area (Å²) in [6.07, 6.45) is 1.26. The molecule has 1 aromatic carbocycles. The quantitative estimate of drug-likeness (QED) is 0.534. The number of rotatable bonds is 7. The van der Waals surface area contributed by atoms with Crippen LogP contribution in [-0.2, 0) is 22.8 Å². The van der Waals surface area contributed by atoms with E-state index in [1.165, 1.54) is 6.40 Å². The number of ether oxygens (including phenoxy) is 2. The van der Waals surface area contributed by atoms with Gasteiger partial charge in [-0.05, 0) is 28.4 Å². The molecule has 122 valence electrons. The monoisotopic (exact) mass is 386 g/mol. The van der Waals surface area contributed by atoms with E-state index in [4.69, 9.17) is 9.47 Å². The molecule has 0 saturated heterocycles. The lowest BCUT2D eigenvalue weighted by atomic mass is 10.2. The average molecular weight is 387 g/mol. The predicted octanol–water partition coefficient (Wildman–Crippen LogP) is 3.86. The lowest BCUT2D eigenvalue weighted by molar-refractivity contribution is 0.0639. The number of nitriles is 2. The van der Waals surface area contributed by atoms with E-state index < -0.39 is 0 Å². The molecule has 0 fully saturated rings.